The van der Waals surface area contributed by atoms with Crippen molar-refractivity contribution in [2.75, 3.05) is 18.9 Å². The van der Waals surface area contributed by atoms with Gasteiger partial charge in [-0.2, -0.15) is 0 Å². The molecule has 2 aromatic carbocycles. The lowest BCUT2D eigenvalue weighted by Crippen LogP contribution is -2.35. The number of likely N-dealkylation sites (N-methyl/N-ethyl adjacent to an activating group) is 1. The quantitative estimate of drug-likeness (QED) is 0.609. The molecule has 156 valence electrons. The maximum absolute atomic E-state index is 12.5. The highest BCUT2D eigenvalue weighted by Gasteiger charge is 2.15. The molecule has 0 saturated heterocycles. The first kappa shape index (κ1) is 21.4. The van der Waals surface area contributed by atoms with Crippen LogP contribution in [0.25, 0.3) is 11.3 Å². The first-order chi connectivity index (χ1) is 14.3. The summed E-state index contributed by atoms with van der Waals surface area (Å²) >= 11 is 0. The average Bonchev–Trinajstić information content (AvgIpc) is 3.18. The Bertz CT molecular complexity index is 1010. The van der Waals surface area contributed by atoms with E-state index in [1.165, 1.54) is 4.90 Å². The third-order valence-corrected chi connectivity index (χ3v) is 5.05. The van der Waals surface area contributed by atoms with Crippen molar-refractivity contribution in [1.29, 1.82) is 0 Å². The van der Waals surface area contributed by atoms with E-state index in [0.29, 0.717) is 6.42 Å². The summed E-state index contributed by atoms with van der Waals surface area (Å²) in [5.74, 6) is 1.24. The van der Waals surface area contributed by atoms with Crippen molar-refractivity contribution in [2.45, 2.75) is 33.6 Å². The molecule has 0 aliphatic carbocycles. The lowest BCUT2D eigenvalue weighted by atomic mass is 10.1. The van der Waals surface area contributed by atoms with Gasteiger partial charge in [-0.05, 0) is 44.0 Å². The normalized spacial score (nSPS) is 10.7. The molecule has 0 bridgehead atoms. The highest BCUT2D eigenvalue weighted by atomic mass is 16.3. The van der Waals surface area contributed by atoms with Gasteiger partial charge in [0.1, 0.15) is 11.5 Å². The molecule has 2 amide bonds. The lowest BCUT2D eigenvalue weighted by molar-refractivity contribution is -0.133. The molecule has 3 rings (SSSR count). The van der Waals surface area contributed by atoms with E-state index in [9.17, 15) is 9.59 Å². The van der Waals surface area contributed by atoms with Gasteiger partial charge < -0.3 is 14.6 Å². The van der Waals surface area contributed by atoms with Crippen molar-refractivity contribution in [2.24, 2.45) is 0 Å². The Kier molecular flexibility index (Phi) is 6.72. The number of aryl methyl sites for hydroxylation is 4. The molecule has 0 fully saturated rings. The van der Waals surface area contributed by atoms with Crippen molar-refractivity contribution in [3.8, 4) is 11.3 Å². The monoisotopic (exact) mass is 404 g/mol. The van der Waals surface area contributed by atoms with Crippen molar-refractivity contribution in [1.82, 2.24) is 4.90 Å². The van der Waals surface area contributed by atoms with Crippen molar-refractivity contribution in [3.05, 3.63) is 77.0 Å². The molecule has 5 heteroatoms. The Balaban J connectivity index is 1.51. The minimum Gasteiger partial charge on any atom is -0.461 e. The van der Waals surface area contributed by atoms with Crippen LogP contribution >= 0.6 is 0 Å². The van der Waals surface area contributed by atoms with E-state index < -0.39 is 0 Å². The highest BCUT2D eigenvalue weighted by molar-refractivity contribution is 5.95. The van der Waals surface area contributed by atoms with Gasteiger partial charge in [0, 0.05) is 31.1 Å². The number of benzene rings is 2. The minimum absolute atomic E-state index is 0.0129. The molecule has 0 aliphatic rings. The predicted molar refractivity (Wildman–Crippen MR) is 119 cm³/mol. The Hall–Kier alpha value is -3.34. The number of rotatable bonds is 7. The summed E-state index contributed by atoms with van der Waals surface area (Å²) < 4.78 is 5.85. The zero-order valence-corrected chi connectivity index (χ0v) is 18.0. The molecule has 1 heterocycles. The van der Waals surface area contributed by atoms with E-state index in [0.717, 1.165) is 39.5 Å². The van der Waals surface area contributed by atoms with Gasteiger partial charge in [0.15, 0.2) is 0 Å². The van der Waals surface area contributed by atoms with Gasteiger partial charge in [-0.25, -0.2) is 0 Å². The van der Waals surface area contributed by atoms with Gasteiger partial charge >= 0.3 is 0 Å². The third-order valence-electron chi connectivity index (χ3n) is 5.05. The zero-order chi connectivity index (χ0) is 21.7. The molecular weight excluding hydrogens is 376 g/mol. The summed E-state index contributed by atoms with van der Waals surface area (Å²) in [5, 5.41) is 2.94. The molecule has 0 spiro atoms. The second-order valence-electron chi connectivity index (χ2n) is 7.70. The van der Waals surface area contributed by atoms with E-state index >= 15 is 0 Å². The molecule has 1 aromatic heterocycles. The molecule has 0 aliphatic heterocycles. The molecule has 3 aromatic rings. The van der Waals surface area contributed by atoms with Gasteiger partial charge in [0.05, 0.1) is 6.54 Å². The predicted octanol–water partition coefficient (Wildman–Crippen LogP) is 4.90. The number of nitrogens with one attached hydrogen (secondary N) is 1. The average molecular weight is 405 g/mol. The number of hydrogen-bond donors (Lipinski definition) is 1. The van der Waals surface area contributed by atoms with Gasteiger partial charge in [-0.3, -0.25) is 9.59 Å². The fourth-order valence-corrected chi connectivity index (χ4v) is 3.55. The first-order valence-corrected chi connectivity index (χ1v) is 10.1. The Labute approximate surface area is 177 Å². The van der Waals surface area contributed by atoms with Crippen LogP contribution in [0.3, 0.4) is 0 Å². The zero-order valence-electron chi connectivity index (χ0n) is 18.0. The Morgan fingerprint density at radius 3 is 2.30 bits per heavy atom. The fraction of sp³-hybridized carbons (Fsp3) is 0.280. The van der Waals surface area contributed by atoms with Crippen LogP contribution in [0.4, 0.5) is 5.69 Å². The number of anilines is 1. The van der Waals surface area contributed by atoms with Crippen molar-refractivity contribution >= 4 is 17.5 Å². The maximum atomic E-state index is 12.5. The standard InChI is InChI=1S/C25H28N2O3/c1-17-14-18(2)25(19(3)15-17)26-23(28)16-27(4)24(29)13-11-21-10-12-22(30-21)20-8-6-5-7-9-20/h5-10,12,14-15H,11,13,16H2,1-4H3,(H,26,28). The number of carbonyl (C=O) groups is 2. The smallest absolute Gasteiger partial charge is 0.243 e. The van der Waals surface area contributed by atoms with Crippen molar-refractivity contribution < 1.29 is 14.0 Å². The minimum atomic E-state index is -0.203. The topological polar surface area (TPSA) is 62.6 Å². The molecule has 0 atom stereocenters. The van der Waals surface area contributed by atoms with Crippen LogP contribution in [0, 0.1) is 20.8 Å². The van der Waals surface area contributed by atoms with E-state index in [2.05, 4.69) is 5.32 Å². The van der Waals surface area contributed by atoms with Crippen LogP contribution in [0.2, 0.25) is 0 Å². The van der Waals surface area contributed by atoms with E-state index in [1.54, 1.807) is 7.05 Å². The molecule has 0 saturated carbocycles. The summed E-state index contributed by atoms with van der Waals surface area (Å²) in [4.78, 5) is 26.3. The van der Waals surface area contributed by atoms with E-state index in [-0.39, 0.29) is 24.8 Å². The van der Waals surface area contributed by atoms with E-state index in [1.807, 2.05) is 75.4 Å². The number of furan rings is 1. The van der Waals surface area contributed by atoms with Gasteiger partial charge in [0.25, 0.3) is 0 Å². The molecular formula is C25H28N2O3. The van der Waals surface area contributed by atoms with Gasteiger partial charge in [-0.15, -0.1) is 0 Å². The number of carbonyl (C=O) groups excluding carboxylic acids is 2. The largest absolute Gasteiger partial charge is 0.461 e. The highest BCUT2D eigenvalue weighted by Crippen LogP contribution is 2.23. The van der Waals surface area contributed by atoms with Gasteiger partial charge in [-0.1, -0.05) is 48.0 Å². The number of nitrogens with zero attached hydrogens (tertiary/aromatic N) is 1. The molecule has 0 unspecified atom stereocenters. The van der Waals surface area contributed by atoms with Crippen LogP contribution in [0.15, 0.2) is 59.0 Å². The molecule has 1 N–H and O–H groups in total. The van der Waals surface area contributed by atoms with Crippen LogP contribution in [-0.2, 0) is 16.0 Å². The summed E-state index contributed by atoms with van der Waals surface area (Å²) in [7, 11) is 1.65. The van der Waals surface area contributed by atoms with Crippen molar-refractivity contribution in [3.63, 3.8) is 0 Å². The number of hydrogen-bond acceptors (Lipinski definition) is 3. The first-order valence-electron chi connectivity index (χ1n) is 10.1. The second kappa shape index (κ2) is 9.44. The number of amides is 2. The van der Waals surface area contributed by atoms with Crippen LogP contribution < -0.4 is 5.32 Å². The molecule has 30 heavy (non-hydrogen) atoms. The van der Waals surface area contributed by atoms with Crippen LogP contribution in [0.5, 0.6) is 0 Å². The van der Waals surface area contributed by atoms with Crippen LogP contribution in [0.1, 0.15) is 28.9 Å². The summed E-state index contributed by atoms with van der Waals surface area (Å²) in [6.07, 6.45) is 0.780. The summed E-state index contributed by atoms with van der Waals surface area (Å²) in [5.41, 5.74) is 5.01. The maximum Gasteiger partial charge on any atom is 0.243 e. The second-order valence-corrected chi connectivity index (χ2v) is 7.70. The lowest BCUT2D eigenvalue weighted by Gasteiger charge is -2.18. The third kappa shape index (κ3) is 5.38. The summed E-state index contributed by atoms with van der Waals surface area (Å²) in [6, 6.07) is 17.7. The van der Waals surface area contributed by atoms with Gasteiger partial charge in [0.2, 0.25) is 11.8 Å². The van der Waals surface area contributed by atoms with E-state index in [4.69, 9.17) is 4.42 Å². The Morgan fingerprint density at radius 1 is 0.967 bits per heavy atom. The molecule has 5 nitrogen and oxygen atoms in total. The Morgan fingerprint density at radius 2 is 1.63 bits per heavy atom. The fourth-order valence-electron chi connectivity index (χ4n) is 3.55. The van der Waals surface area contributed by atoms with Crippen LogP contribution in [-0.4, -0.2) is 30.3 Å². The molecule has 0 radical (unpaired) electrons. The SMILES string of the molecule is Cc1cc(C)c(NC(=O)CN(C)C(=O)CCc2ccc(-c3ccccc3)o2)c(C)c1. The summed E-state index contributed by atoms with van der Waals surface area (Å²) in [6.45, 7) is 5.98.